The van der Waals surface area contributed by atoms with E-state index in [2.05, 4.69) is 0 Å². The molecule has 22 heteroatoms. The zero-order valence-electron chi connectivity index (χ0n) is 42.3. The van der Waals surface area contributed by atoms with Gasteiger partial charge in [0, 0.05) is 80.5 Å². The lowest BCUT2D eigenvalue weighted by molar-refractivity contribution is -0.355. The summed E-state index contributed by atoms with van der Waals surface area (Å²) >= 11 is 0. The molecule has 0 aliphatic carbocycles. The molecule has 28 atom stereocenters. The van der Waals surface area contributed by atoms with Gasteiger partial charge in [-0.15, -0.1) is 0 Å². The lowest BCUT2D eigenvalue weighted by Crippen LogP contribution is -2.58. The van der Waals surface area contributed by atoms with Crippen LogP contribution in [0, 0.1) is 0 Å². The summed E-state index contributed by atoms with van der Waals surface area (Å²) in [7, 11) is 7.97. The Balaban J connectivity index is 0.861. The fourth-order valence-electron chi connectivity index (χ4n) is 11.0. The molecule has 0 saturated carbocycles. The van der Waals surface area contributed by atoms with Crippen molar-refractivity contribution < 1.29 is 106 Å². The van der Waals surface area contributed by atoms with Crippen molar-refractivity contribution in [1.82, 2.24) is 0 Å². The molecule has 0 aromatic rings. The van der Waals surface area contributed by atoms with Crippen LogP contribution in [0.25, 0.3) is 0 Å². The first-order valence-electron chi connectivity index (χ1n) is 24.8. The van der Waals surface area contributed by atoms with E-state index < -0.39 is 160 Å². The highest BCUT2D eigenvalue weighted by atomic mass is 16.8. The molecule has 7 rings (SSSR count). The quantitative estimate of drug-likeness (QED) is 0.161. The molecule has 0 bridgehead atoms. The second-order valence-corrected chi connectivity index (χ2v) is 19.7. The van der Waals surface area contributed by atoms with Crippen LogP contribution in [0.5, 0.6) is 0 Å². The van der Waals surface area contributed by atoms with E-state index in [1.54, 1.807) is 49.2 Å². The van der Waals surface area contributed by atoms with Crippen LogP contribution in [0.4, 0.5) is 0 Å². The first-order valence-corrected chi connectivity index (χ1v) is 24.8. The fourth-order valence-corrected chi connectivity index (χ4v) is 11.0. The molecule has 402 valence electrons. The Morgan fingerprint density at radius 2 is 0.536 bits per heavy atom. The molecule has 4 N–H and O–H groups in total. The highest BCUT2D eigenvalue weighted by Gasteiger charge is 2.50. The number of methoxy groups -OCH3 is 5. The Hall–Kier alpha value is -0.880. The number of ether oxygens (including phenoxy) is 18. The molecule has 69 heavy (non-hydrogen) atoms. The molecular weight excluding hydrogens is 916 g/mol. The number of hydrogen-bond donors (Lipinski definition) is 4. The van der Waals surface area contributed by atoms with Crippen LogP contribution < -0.4 is 0 Å². The van der Waals surface area contributed by atoms with Gasteiger partial charge in [0.2, 0.25) is 0 Å². The highest BCUT2D eigenvalue weighted by molar-refractivity contribution is 4.93. The van der Waals surface area contributed by atoms with E-state index in [1.165, 1.54) is 7.11 Å². The van der Waals surface area contributed by atoms with Crippen molar-refractivity contribution in [1.29, 1.82) is 0 Å². The standard InChI is InChI=1S/C47H82O22/c1-20-41(51)29(52-8)16-37(58-20)65-43-22(3)59-35(13-27(43)48)64-42-21(2)60-36(14-28(42)49)66-45-24(5)61-39(17-31(45)54-10)68-47-26(7)63-40(19-33(47)56-12)69-46-25(6)62-38(18-32(46)55-11)67-44-23(4)57-34(50)15-30(44)53-9/h20-51H,13-19H2,1-12H3/t20-,21-,22-,23-,24+,25+,26+,27+,28+,29-,30-,31-,32-,33-,34-,35+,36+,37+,38+,39-,40+,41-,42-,43-,44-,45+,46+,47+/m1/s1. The van der Waals surface area contributed by atoms with Crippen LogP contribution in [0.15, 0.2) is 0 Å². The van der Waals surface area contributed by atoms with Gasteiger partial charge in [0.15, 0.2) is 44.0 Å². The third-order valence-corrected chi connectivity index (χ3v) is 14.8. The second-order valence-electron chi connectivity index (χ2n) is 19.7. The van der Waals surface area contributed by atoms with Gasteiger partial charge in [-0.05, 0) is 48.5 Å². The topological polar surface area (TPSA) is 247 Å². The maximum absolute atomic E-state index is 11.4. The number of aliphatic hydroxyl groups excluding tert-OH is 4. The summed E-state index contributed by atoms with van der Waals surface area (Å²) in [5, 5.41) is 42.9. The third-order valence-electron chi connectivity index (χ3n) is 14.8. The largest absolute Gasteiger partial charge is 0.390 e. The number of rotatable bonds is 17. The van der Waals surface area contributed by atoms with Crippen molar-refractivity contribution in [3.63, 3.8) is 0 Å². The third kappa shape index (κ3) is 13.5. The van der Waals surface area contributed by atoms with Crippen LogP contribution in [-0.4, -0.2) is 228 Å². The number of aliphatic hydroxyl groups is 4. The predicted molar refractivity (Wildman–Crippen MR) is 236 cm³/mol. The second kappa shape index (κ2) is 25.1. The first kappa shape index (κ1) is 55.9. The lowest BCUT2D eigenvalue weighted by atomic mass is 9.98. The zero-order chi connectivity index (χ0) is 49.8. The van der Waals surface area contributed by atoms with Crippen molar-refractivity contribution >= 4 is 0 Å². The van der Waals surface area contributed by atoms with Gasteiger partial charge in [-0.3, -0.25) is 0 Å². The van der Waals surface area contributed by atoms with Crippen LogP contribution in [0.2, 0.25) is 0 Å². The van der Waals surface area contributed by atoms with E-state index in [0.717, 1.165) is 0 Å². The SMILES string of the molecule is CO[C@@H]1C[C@H](O[C@H]2[C@@H](O)C[C@H](O[C@H]3[C@@H](O)C[C@H](O[C@H]4[C@H](C)O[C@H](O[C@H]5[C@H](C)O[C@@H](O[C@H]6[C@H](C)O[C@@H](O[C@@H]7[C@@H](C)O[C@@H](O)C[C@H]7OC)C[C@H]6OC)C[C@H]5OC)C[C@H]4OC)O[C@@H]3C)O[C@@H]2C)O[C@H](C)[C@H]1O. The van der Waals surface area contributed by atoms with Crippen LogP contribution in [0.1, 0.15) is 93.4 Å². The molecule has 0 aromatic heterocycles. The average Bonchev–Trinajstić information content (AvgIpc) is 3.30. The van der Waals surface area contributed by atoms with Crippen molar-refractivity contribution in [2.75, 3.05) is 35.5 Å². The molecule has 0 radical (unpaired) electrons. The van der Waals surface area contributed by atoms with E-state index in [9.17, 15) is 20.4 Å². The average molecular weight is 999 g/mol. The maximum Gasteiger partial charge on any atom is 0.161 e. The van der Waals surface area contributed by atoms with Crippen LogP contribution in [-0.2, 0) is 85.3 Å². The summed E-state index contributed by atoms with van der Waals surface area (Å²) in [5.41, 5.74) is 0. The number of hydrogen-bond acceptors (Lipinski definition) is 22. The normalized spacial score (nSPS) is 51.3. The molecule has 0 amide bonds. The molecule has 7 aliphatic heterocycles. The van der Waals surface area contributed by atoms with Crippen molar-refractivity contribution in [3.8, 4) is 0 Å². The zero-order valence-corrected chi connectivity index (χ0v) is 42.3. The van der Waals surface area contributed by atoms with Crippen LogP contribution >= 0.6 is 0 Å². The van der Waals surface area contributed by atoms with Crippen molar-refractivity contribution in [2.24, 2.45) is 0 Å². The maximum atomic E-state index is 11.4. The van der Waals surface area contributed by atoms with Gasteiger partial charge in [0.1, 0.15) is 42.7 Å². The molecule has 0 aromatic carbocycles. The molecule has 7 fully saturated rings. The van der Waals surface area contributed by atoms with Crippen molar-refractivity contribution in [2.45, 2.75) is 266 Å². The van der Waals surface area contributed by atoms with Crippen LogP contribution in [0.3, 0.4) is 0 Å². The minimum atomic E-state index is -0.978. The highest BCUT2D eigenvalue weighted by Crippen LogP contribution is 2.38. The monoisotopic (exact) mass is 999 g/mol. The van der Waals surface area contributed by atoms with E-state index in [1.807, 2.05) is 27.7 Å². The molecule has 7 heterocycles. The van der Waals surface area contributed by atoms with Gasteiger partial charge >= 0.3 is 0 Å². The van der Waals surface area contributed by atoms with Gasteiger partial charge in [-0.1, -0.05) is 0 Å². The van der Waals surface area contributed by atoms with E-state index in [-0.39, 0.29) is 31.5 Å². The molecule has 7 aliphatic rings. The summed E-state index contributed by atoms with van der Waals surface area (Å²) in [4.78, 5) is 0. The Morgan fingerprint density at radius 3 is 0.855 bits per heavy atom. The molecule has 7 saturated heterocycles. The smallest absolute Gasteiger partial charge is 0.161 e. The van der Waals surface area contributed by atoms with Gasteiger partial charge in [-0.25, -0.2) is 0 Å². The Morgan fingerprint density at radius 1 is 0.290 bits per heavy atom. The summed E-state index contributed by atoms with van der Waals surface area (Å²) in [6, 6.07) is 0. The fraction of sp³-hybridized carbons (Fsp3) is 1.00. The van der Waals surface area contributed by atoms with Gasteiger partial charge in [0.25, 0.3) is 0 Å². The van der Waals surface area contributed by atoms with E-state index in [4.69, 9.17) is 85.3 Å². The van der Waals surface area contributed by atoms with E-state index in [0.29, 0.717) is 25.7 Å². The van der Waals surface area contributed by atoms with E-state index >= 15 is 0 Å². The molecule has 22 nitrogen and oxygen atoms in total. The predicted octanol–water partition coefficient (Wildman–Crippen LogP) is 1.39. The Labute approximate surface area is 406 Å². The minimum absolute atomic E-state index is 0.0901. The minimum Gasteiger partial charge on any atom is -0.390 e. The lowest BCUT2D eigenvalue weighted by Gasteiger charge is -2.47. The first-order chi connectivity index (χ1) is 32.9. The van der Waals surface area contributed by atoms with Gasteiger partial charge in [0.05, 0.1) is 85.5 Å². The summed E-state index contributed by atoms with van der Waals surface area (Å²) in [5.74, 6) is 0. The van der Waals surface area contributed by atoms with Gasteiger partial charge in [-0.2, -0.15) is 0 Å². The molecular formula is C47H82O22. The molecule has 0 unspecified atom stereocenters. The Kier molecular flexibility index (Phi) is 20.3. The summed E-state index contributed by atoms with van der Waals surface area (Å²) in [6.07, 6.45) is -15.1. The summed E-state index contributed by atoms with van der Waals surface area (Å²) < 4.78 is 110. The van der Waals surface area contributed by atoms with Gasteiger partial charge < -0.3 is 106 Å². The Bertz CT molecular complexity index is 1510. The summed E-state index contributed by atoms with van der Waals surface area (Å²) in [6.45, 7) is 12.8. The van der Waals surface area contributed by atoms with Crippen molar-refractivity contribution in [3.05, 3.63) is 0 Å². The molecule has 0 spiro atoms.